The zero-order valence-corrected chi connectivity index (χ0v) is 16.1. The Labute approximate surface area is 166 Å². The Morgan fingerprint density at radius 2 is 2.04 bits per heavy atom. The maximum absolute atomic E-state index is 13.7. The molecule has 4 rings (SSSR count). The molecule has 1 N–H and O–H groups in total. The van der Waals surface area contributed by atoms with E-state index in [2.05, 4.69) is 5.32 Å². The smallest absolute Gasteiger partial charge is 0.240 e. The van der Waals surface area contributed by atoms with Gasteiger partial charge in [-0.3, -0.25) is 4.79 Å². The van der Waals surface area contributed by atoms with E-state index in [-0.39, 0.29) is 18.3 Å². The molecule has 0 saturated heterocycles. The van der Waals surface area contributed by atoms with Crippen LogP contribution in [0.5, 0.6) is 5.75 Å². The number of ether oxygens (including phenoxy) is 1. The standard InChI is InChI=1S/C22H19FN2O2S/c1-27-18-5-2-4-15(10-18)13-24-22(26)14-25-19-8-7-17(23)11-16(19)12-20(25)21-6-3-9-28-21/h2-12H,13-14H2,1H3,(H,24,26). The zero-order chi connectivity index (χ0) is 19.5. The first-order valence-corrected chi connectivity index (χ1v) is 9.74. The molecule has 4 aromatic rings. The van der Waals surface area contributed by atoms with Crippen molar-refractivity contribution >= 4 is 28.1 Å². The lowest BCUT2D eigenvalue weighted by Crippen LogP contribution is -2.27. The van der Waals surface area contributed by atoms with Gasteiger partial charge >= 0.3 is 0 Å². The van der Waals surface area contributed by atoms with Crippen molar-refractivity contribution in [2.75, 3.05) is 7.11 Å². The Balaban J connectivity index is 1.58. The minimum Gasteiger partial charge on any atom is -0.497 e. The van der Waals surface area contributed by atoms with Crippen molar-refractivity contribution in [3.8, 4) is 16.3 Å². The summed E-state index contributed by atoms with van der Waals surface area (Å²) < 4.78 is 20.8. The molecule has 0 spiro atoms. The summed E-state index contributed by atoms with van der Waals surface area (Å²) in [7, 11) is 1.61. The van der Waals surface area contributed by atoms with Crippen LogP contribution in [0.3, 0.4) is 0 Å². The van der Waals surface area contributed by atoms with Crippen LogP contribution >= 0.6 is 11.3 Å². The fourth-order valence-electron chi connectivity index (χ4n) is 3.22. The van der Waals surface area contributed by atoms with Crippen molar-refractivity contribution in [2.45, 2.75) is 13.1 Å². The van der Waals surface area contributed by atoms with E-state index < -0.39 is 0 Å². The first-order chi connectivity index (χ1) is 13.6. The number of carbonyl (C=O) groups is 1. The molecule has 0 atom stereocenters. The molecule has 0 unspecified atom stereocenters. The number of thiophene rings is 1. The third kappa shape index (κ3) is 3.77. The lowest BCUT2D eigenvalue weighted by atomic mass is 10.2. The molecule has 0 aliphatic heterocycles. The molecule has 28 heavy (non-hydrogen) atoms. The minimum absolute atomic E-state index is 0.109. The van der Waals surface area contributed by atoms with Crippen molar-refractivity contribution in [3.05, 3.63) is 77.4 Å². The van der Waals surface area contributed by atoms with Gasteiger partial charge in [0, 0.05) is 17.4 Å². The van der Waals surface area contributed by atoms with Gasteiger partial charge in [-0.15, -0.1) is 11.3 Å². The summed E-state index contributed by atoms with van der Waals surface area (Å²) in [5.74, 6) is 0.359. The van der Waals surface area contributed by atoms with E-state index in [4.69, 9.17) is 4.74 Å². The Hall–Kier alpha value is -3.12. The number of hydrogen-bond donors (Lipinski definition) is 1. The van der Waals surface area contributed by atoms with Gasteiger partial charge in [-0.05, 0) is 53.4 Å². The molecule has 2 aromatic heterocycles. The van der Waals surface area contributed by atoms with Crippen LogP contribution in [-0.2, 0) is 17.9 Å². The van der Waals surface area contributed by atoms with Crippen molar-refractivity contribution in [1.82, 2.24) is 9.88 Å². The van der Waals surface area contributed by atoms with Crippen LogP contribution in [0, 0.1) is 5.82 Å². The lowest BCUT2D eigenvalue weighted by molar-refractivity contribution is -0.121. The molecular formula is C22H19FN2O2S. The molecule has 4 nitrogen and oxygen atoms in total. The second kappa shape index (κ2) is 7.86. The van der Waals surface area contributed by atoms with E-state index in [0.29, 0.717) is 6.54 Å². The number of hydrogen-bond acceptors (Lipinski definition) is 3. The van der Waals surface area contributed by atoms with Gasteiger partial charge in [0.1, 0.15) is 18.1 Å². The number of fused-ring (bicyclic) bond motifs is 1. The molecule has 0 fully saturated rings. The quantitative estimate of drug-likeness (QED) is 0.509. The molecule has 0 aliphatic carbocycles. The average molecular weight is 394 g/mol. The fraction of sp³-hybridized carbons (Fsp3) is 0.136. The highest BCUT2D eigenvalue weighted by molar-refractivity contribution is 7.13. The highest BCUT2D eigenvalue weighted by Gasteiger charge is 2.15. The Bertz CT molecular complexity index is 1120. The van der Waals surface area contributed by atoms with Crippen LogP contribution in [0.2, 0.25) is 0 Å². The minimum atomic E-state index is -0.287. The number of carbonyl (C=O) groups excluding carboxylic acids is 1. The van der Waals surface area contributed by atoms with Gasteiger partial charge in [-0.2, -0.15) is 0 Å². The normalized spacial score (nSPS) is 10.9. The second-order valence-corrected chi connectivity index (χ2v) is 7.37. The predicted molar refractivity (Wildman–Crippen MR) is 110 cm³/mol. The van der Waals surface area contributed by atoms with Gasteiger partial charge in [0.15, 0.2) is 0 Å². The Morgan fingerprint density at radius 1 is 1.14 bits per heavy atom. The predicted octanol–water partition coefficient (Wildman–Crippen LogP) is 4.83. The number of amides is 1. The van der Waals surface area contributed by atoms with Crippen molar-refractivity contribution < 1.29 is 13.9 Å². The van der Waals surface area contributed by atoms with Gasteiger partial charge in [-0.1, -0.05) is 18.2 Å². The van der Waals surface area contributed by atoms with Crippen LogP contribution in [0.1, 0.15) is 5.56 Å². The van der Waals surface area contributed by atoms with Crippen LogP contribution < -0.4 is 10.1 Å². The van der Waals surface area contributed by atoms with Gasteiger partial charge in [0.05, 0.1) is 17.7 Å². The summed E-state index contributed by atoms with van der Waals surface area (Å²) in [5, 5.41) is 5.72. The third-order valence-corrected chi connectivity index (χ3v) is 5.45. The molecule has 0 aliphatic rings. The van der Waals surface area contributed by atoms with Crippen LogP contribution in [-0.4, -0.2) is 17.6 Å². The molecule has 0 radical (unpaired) electrons. The average Bonchev–Trinajstić information content (AvgIpc) is 3.34. The fourth-order valence-corrected chi connectivity index (χ4v) is 3.97. The number of halogens is 1. The molecule has 2 aromatic carbocycles. The van der Waals surface area contributed by atoms with E-state index in [1.165, 1.54) is 12.1 Å². The Kier molecular flexibility index (Phi) is 5.12. The molecule has 6 heteroatoms. The van der Waals surface area contributed by atoms with Gasteiger partial charge in [-0.25, -0.2) is 4.39 Å². The van der Waals surface area contributed by atoms with E-state index in [1.807, 2.05) is 52.4 Å². The SMILES string of the molecule is COc1cccc(CNC(=O)Cn2c(-c3cccs3)cc3cc(F)ccc32)c1. The topological polar surface area (TPSA) is 43.3 Å². The number of benzene rings is 2. The first-order valence-electron chi connectivity index (χ1n) is 8.86. The summed E-state index contributed by atoms with van der Waals surface area (Å²) in [6, 6.07) is 18.1. The van der Waals surface area contributed by atoms with Crippen molar-refractivity contribution in [2.24, 2.45) is 0 Å². The molecule has 2 heterocycles. The number of rotatable bonds is 6. The molecule has 0 saturated carbocycles. The number of nitrogens with one attached hydrogen (secondary N) is 1. The number of nitrogens with zero attached hydrogens (tertiary/aromatic N) is 1. The number of aromatic nitrogens is 1. The Morgan fingerprint density at radius 3 is 2.82 bits per heavy atom. The summed E-state index contributed by atoms with van der Waals surface area (Å²) in [6.07, 6.45) is 0. The maximum atomic E-state index is 13.7. The lowest BCUT2D eigenvalue weighted by Gasteiger charge is -2.11. The monoisotopic (exact) mass is 394 g/mol. The highest BCUT2D eigenvalue weighted by atomic mass is 32.1. The first kappa shape index (κ1) is 18.3. The van der Waals surface area contributed by atoms with E-state index in [0.717, 1.165) is 32.8 Å². The van der Waals surface area contributed by atoms with Gasteiger partial charge < -0.3 is 14.6 Å². The van der Waals surface area contributed by atoms with Crippen LogP contribution in [0.4, 0.5) is 4.39 Å². The molecular weight excluding hydrogens is 375 g/mol. The third-order valence-electron chi connectivity index (χ3n) is 4.56. The van der Waals surface area contributed by atoms with Crippen molar-refractivity contribution in [3.63, 3.8) is 0 Å². The number of methoxy groups -OCH3 is 1. The summed E-state index contributed by atoms with van der Waals surface area (Å²) in [6.45, 7) is 0.574. The molecule has 142 valence electrons. The highest BCUT2D eigenvalue weighted by Crippen LogP contribution is 2.31. The van der Waals surface area contributed by atoms with Gasteiger partial charge in [0.2, 0.25) is 5.91 Å². The molecule has 1 amide bonds. The van der Waals surface area contributed by atoms with Crippen LogP contribution in [0.15, 0.2) is 66.0 Å². The van der Waals surface area contributed by atoms with E-state index in [9.17, 15) is 9.18 Å². The van der Waals surface area contributed by atoms with E-state index >= 15 is 0 Å². The maximum Gasteiger partial charge on any atom is 0.240 e. The summed E-state index contributed by atoms with van der Waals surface area (Å²) in [5.41, 5.74) is 2.71. The largest absolute Gasteiger partial charge is 0.497 e. The molecule has 0 bridgehead atoms. The van der Waals surface area contributed by atoms with E-state index in [1.54, 1.807) is 24.5 Å². The van der Waals surface area contributed by atoms with Crippen molar-refractivity contribution in [1.29, 1.82) is 0 Å². The zero-order valence-electron chi connectivity index (χ0n) is 15.3. The van der Waals surface area contributed by atoms with Gasteiger partial charge in [0.25, 0.3) is 0 Å². The summed E-state index contributed by atoms with van der Waals surface area (Å²) >= 11 is 1.59. The summed E-state index contributed by atoms with van der Waals surface area (Å²) in [4.78, 5) is 13.7. The second-order valence-electron chi connectivity index (χ2n) is 6.42. The van der Waals surface area contributed by atoms with Crippen LogP contribution in [0.25, 0.3) is 21.5 Å².